The van der Waals surface area contributed by atoms with Crippen molar-refractivity contribution >= 4 is 0 Å². The monoisotopic (exact) mass is 291 g/mol. The second kappa shape index (κ2) is 6.11. The van der Waals surface area contributed by atoms with Gasteiger partial charge in [0.25, 0.3) is 5.89 Å². The Morgan fingerprint density at radius 2 is 2.10 bits per heavy atom. The van der Waals surface area contributed by atoms with E-state index in [1.807, 2.05) is 18.2 Å². The highest BCUT2D eigenvalue weighted by Crippen LogP contribution is 2.31. The minimum absolute atomic E-state index is 0.194. The summed E-state index contributed by atoms with van der Waals surface area (Å²) in [5.74, 6) is 2.26. The molecule has 3 rings (SSSR count). The zero-order valence-corrected chi connectivity index (χ0v) is 12.0. The van der Waals surface area contributed by atoms with Crippen molar-refractivity contribution in [2.24, 2.45) is 0 Å². The quantitative estimate of drug-likeness (QED) is 0.912. The number of methoxy groups -OCH3 is 2. The molecule has 21 heavy (non-hydrogen) atoms. The molecule has 0 spiro atoms. The minimum atomic E-state index is -0.194. The summed E-state index contributed by atoms with van der Waals surface area (Å²) in [5, 5.41) is 7.23. The van der Waals surface area contributed by atoms with E-state index < -0.39 is 0 Å². The van der Waals surface area contributed by atoms with Crippen LogP contribution in [0.4, 0.5) is 0 Å². The summed E-state index contributed by atoms with van der Waals surface area (Å²) in [6.45, 7) is 2.15. The number of ether oxygens (including phenoxy) is 3. The molecule has 2 heterocycles. The molecule has 1 N–H and O–H groups in total. The summed E-state index contributed by atoms with van der Waals surface area (Å²) in [6.07, 6.45) is -0.194. The van der Waals surface area contributed by atoms with Gasteiger partial charge in [0.15, 0.2) is 11.5 Å². The molecule has 7 heteroatoms. The van der Waals surface area contributed by atoms with Crippen molar-refractivity contribution in [3.8, 4) is 22.9 Å². The van der Waals surface area contributed by atoms with E-state index in [0.717, 1.165) is 12.1 Å². The maximum Gasteiger partial charge on any atom is 0.257 e. The van der Waals surface area contributed by atoms with Crippen molar-refractivity contribution in [2.75, 3.05) is 33.9 Å². The first-order chi connectivity index (χ1) is 10.3. The molecule has 112 valence electrons. The van der Waals surface area contributed by atoms with Crippen LogP contribution < -0.4 is 14.8 Å². The summed E-state index contributed by atoms with van der Waals surface area (Å²) in [6, 6.07) is 5.48. The number of morpholine rings is 1. The normalized spacial score (nSPS) is 18.5. The maximum atomic E-state index is 5.59. The average molecular weight is 291 g/mol. The van der Waals surface area contributed by atoms with Crippen LogP contribution in [0.5, 0.6) is 11.5 Å². The topological polar surface area (TPSA) is 78.6 Å². The van der Waals surface area contributed by atoms with Gasteiger partial charge in [-0.15, -0.1) is 0 Å². The van der Waals surface area contributed by atoms with Crippen LogP contribution in [0.1, 0.15) is 12.0 Å². The van der Waals surface area contributed by atoms with Gasteiger partial charge in [0.2, 0.25) is 5.82 Å². The molecule has 1 fully saturated rings. The van der Waals surface area contributed by atoms with E-state index in [1.54, 1.807) is 14.2 Å². The van der Waals surface area contributed by atoms with Crippen molar-refractivity contribution in [1.29, 1.82) is 0 Å². The van der Waals surface area contributed by atoms with E-state index in [0.29, 0.717) is 36.4 Å². The third-order valence-corrected chi connectivity index (χ3v) is 3.29. The molecule has 2 aromatic rings. The molecule has 0 unspecified atom stereocenters. The number of hydrogen-bond donors (Lipinski definition) is 1. The fourth-order valence-electron chi connectivity index (χ4n) is 2.18. The number of hydrogen-bond acceptors (Lipinski definition) is 7. The largest absolute Gasteiger partial charge is 0.493 e. The number of aromatic nitrogens is 2. The first-order valence-corrected chi connectivity index (χ1v) is 6.70. The second-order valence-corrected chi connectivity index (χ2v) is 4.59. The predicted octanol–water partition coefficient (Wildman–Crippen LogP) is 1.41. The van der Waals surface area contributed by atoms with E-state index in [9.17, 15) is 0 Å². The van der Waals surface area contributed by atoms with Gasteiger partial charge in [0, 0.05) is 18.7 Å². The molecule has 1 atom stereocenters. The van der Waals surface area contributed by atoms with Crippen molar-refractivity contribution in [1.82, 2.24) is 15.5 Å². The first kappa shape index (κ1) is 13.8. The van der Waals surface area contributed by atoms with Crippen LogP contribution in [0, 0.1) is 0 Å². The molecule has 0 saturated carbocycles. The van der Waals surface area contributed by atoms with Crippen LogP contribution in [0.15, 0.2) is 22.7 Å². The summed E-state index contributed by atoms with van der Waals surface area (Å²) < 4.78 is 21.4. The van der Waals surface area contributed by atoms with Crippen LogP contribution in [0.2, 0.25) is 0 Å². The van der Waals surface area contributed by atoms with Crippen molar-refractivity contribution in [3.05, 3.63) is 24.1 Å². The first-order valence-electron chi connectivity index (χ1n) is 6.70. The lowest BCUT2D eigenvalue weighted by molar-refractivity contribution is 0.00755. The Bertz CT molecular complexity index is 608. The highest BCUT2D eigenvalue weighted by atomic mass is 16.5. The summed E-state index contributed by atoms with van der Waals surface area (Å²) in [4.78, 5) is 4.40. The fraction of sp³-hybridized carbons (Fsp3) is 0.429. The molecular weight excluding hydrogens is 274 g/mol. The molecule has 0 radical (unpaired) electrons. The number of rotatable bonds is 4. The molecular formula is C14H17N3O4. The SMILES string of the molecule is COc1ccc(-c2noc([C@H]3CNCCO3)n2)cc1OC. The third-order valence-electron chi connectivity index (χ3n) is 3.29. The van der Waals surface area contributed by atoms with E-state index >= 15 is 0 Å². The maximum absolute atomic E-state index is 5.59. The molecule has 0 amide bonds. The Hall–Kier alpha value is -2.12. The Morgan fingerprint density at radius 3 is 2.81 bits per heavy atom. The van der Waals surface area contributed by atoms with Gasteiger partial charge in [-0.05, 0) is 18.2 Å². The van der Waals surface area contributed by atoms with E-state index in [2.05, 4.69) is 15.5 Å². The van der Waals surface area contributed by atoms with Crippen LogP contribution >= 0.6 is 0 Å². The molecule has 7 nitrogen and oxygen atoms in total. The van der Waals surface area contributed by atoms with E-state index in [1.165, 1.54) is 0 Å². The van der Waals surface area contributed by atoms with Crippen LogP contribution in [0.3, 0.4) is 0 Å². The Balaban J connectivity index is 1.85. The summed E-state index contributed by atoms with van der Waals surface area (Å²) in [5.41, 5.74) is 0.798. The second-order valence-electron chi connectivity index (χ2n) is 4.59. The van der Waals surface area contributed by atoms with Gasteiger partial charge in [0.1, 0.15) is 6.10 Å². The smallest absolute Gasteiger partial charge is 0.257 e. The minimum Gasteiger partial charge on any atom is -0.493 e. The van der Waals surface area contributed by atoms with Crippen LogP contribution in [-0.4, -0.2) is 44.1 Å². The zero-order chi connectivity index (χ0) is 14.7. The van der Waals surface area contributed by atoms with Crippen LogP contribution in [-0.2, 0) is 4.74 Å². The zero-order valence-electron chi connectivity index (χ0n) is 12.0. The van der Waals surface area contributed by atoms with Gasteiger partial charge in [-0.3, -0.25) is 0 Å². The summed E-state index contributed by atoms with van der Waals surface area (Å²) in [7, 11) is 3.18. The standard InChI is InChI=1S/C14H17N3O4/c1-18-10-4-3-9(7-11(10)19-2)13-16-14(21-17-13)12-8-15-5-6-20-12/h3-4,7,12,15H,5-6,8H2,1-2H3/t12-/m1/s1. The Morgan fingerprint density at radius 1 is 1.24 bits per heavy atom. The lowest BCUT2D eigenvalue weighted by Gasteiger charge is -2.19. The molecule has 0 aliphatic carbocycles. The molecule has 1 aliphatic rings. The summed E-state index contributed by atoms with van der Waals surface area (Å²) >= 11 is 0. The van der Waals surface area contributed by atoms with Gasteiger partial charge in [-0.25, -0.2) is 0 Å². The molecule has 1 aromatic carbocycles. The Kier molecular flexibility index (Phi) is 4.03. The number of nitrogens with one attached hydrogen (secondary N) is 1. The van der Waals surface area contributed by atoms with Crippen LogP contribution in [0.25, 0.3) is 11.4 Å². The number of nitrogens with zero attached hydrogens (tertiary/aromatic N) is 2. The third kappa shape index (κ3) is 2.84. The van der Waals surface area contributed by atoms with Gasteiger partial charge in [-0.1, -0.05) is 5.16 Å². The van der Waals surface area contributed by atoms with Gasteiger partial charge < -0.3 is 24.1 Å². The predicted molar refractivity (Wildman–Crippen MR) is 74.4 cm³/mol. The molecule has 1 aliphatic heterocycles. The van der Waals surface area contributed by atoms with Gasteiger partial charge in [0.05, 0.1) is 20.8 Å². The van der Waals surface area contributed by atoms with Crippen molar-refractivity contribution < 1.29 is 18.7 Å². The Labute approximate surface area is 122 Å². The van der Waals surface area contributed by atoms with E-state index in [-0.39, 0.29) is 6.10 Å². The number of benzene rings is 1. The van der Waals surface area contributed by atoms with Gasteiger partial charge in [-0.2, -0.15) is 4.98 Å². The lowest BCUT2D eigenvalue weighted by Crippen LogP contribution is -2.33. The van der Waals surface area contributed by atoms with Gasteiger partial charge >= 0.3 is 0 Å². The molecule has 1 saturated heterocycles. The highest BCUT2D eigenvalue weighted by Gasteiger charge is 2.22. The molecule has 0 bridgehead atoms. The highest BCUT2D eigenvalue weighted by molar-refractivity contribution is 5.60. The fourth-order valence-corrected chi connectivity index (χ4v) is 2.18. The van der Waals surface area contributed by atoms with Crippen molar-refractivity contribution in [3.63, 3.8) is 0 Å². The molecule has 1 aromatic heterocycles. The average Bonchev–Trinajstić information content (AvgIpc) is 3.05. The lowest BCUT2D eigenvalue weighted by atomic mass is 10.2. The van der Waals surface area contributed by atoms with Crippen molar-refractivity contribution in [2.45, 2.75) is 6.10 Å². The van der Waals surface area contributed by atoms with E-state index in [4.69, 9.17) is 18.7 Å².